The smallest absolute Gasteiger partial charge is 0.109 e. The van der Waals surface area contributed by atoms with Crippen molar-refractivity contribution >= 4 is 7.85 Å². The Hall–Kier alpha value is -1.51. The van der Waals surface area contributed by atoms with Gasteiger partial charge in [-0.3, -0.25) is 0 Å². The van der Waals surface area contributed by atoms with E-state index in [4.69, 9.17) is 0 Å². The number of benzene rings is 1. The number of imidazole rings is 1. The van der Waals surface area contributed by atoms with Crippen molar-refractivity contribution in [2.75, 3.05) is 0 Å². The topological polar surface area (TPSA) is 17.8 Å². The van der Waals surface area contributed by atoms with Gasteiger partial charge >= 0.3 is 0 Å². The van der Waals surface area contributed by atoms with Gasteiger partial charge in [-0.1, -0.05) is 98.0 Å². The van der Waals surface area contributed by atoms with Crippen LogP contribution in [0.15, 0.2) is 49.1 Å². The van der Waals surface area contributed by atoms with Crippen molar-refractivity contribution in [2.24, 2.45) is 16.2 Å². The van der Waals surface area contributed by atoms with Gasteiger partial charge in [-0.25, -0.2) is 4.98 Å². The second-order valence-electron chi connectivity index (χ2n) is 12.4. The fourth-order valence-electron chi connectivity index (χ4n) is 4.60. The van der Waals surface area contributed by atoms with Gasteiger partial charge < -0.3 is 4.57 Å². The molecule has 2 rings (SSSR count). The molecule has 0 fully saturated rings. The van der Waals surface area contributed by atoms with Crippen molar-refractivity contribution in [3.63, 3.8) is 0 Å². The zero-order valence-electron chi connectivity index (χ0n) is 20.6. The van der Waals surface area contributed by atoms with E-state index >= 15 is 0 Å². The molecule has 1 aromatic heterocycles. The summed E-state index contributed by atoms with van der Waals surface area (Å²) < 4.78 is 2.35. The Morgan fingerprint density at radius 2 is 1.48 bits per heavy atom. The highest BCUT2D eigenvalue weighted by Crippen LogP contribution is 2.59. The molecule has 0 radical (unpaired) electrons. The van der Waals surface area contributed by atoms with Gasteiger partial charge in [0.15, 0.2) is 0 Å². The van der Waals surface area contributed by atoms with Gasteiger partial charge in [-0.2, -0.15) is 0 Å². The highest BCUT2D eigenvalue weighted by atomic mass is 15.1. The SMILES string of the molecule is BC(C)(CC(c1ccccc1)C(C)(C)C)C(C)(C)C(CC(C)(C)C)n1ccnc1. The highest BCUT2D eigenvalue weighted by molar-refractivity contribution is 6.15. The summed E-state index contributed by atoms with van der Waals surface area (Å²) in [4.78, 5) is 4.38. The van der Waals surface area contributed by atoms with E-state index in [1.165, 1.54) is 5.56 Å². The molecular weight excluding hydrogens is 351 g/mol. The number of hydrogen-bond donors (Lipinski definition) is 0. The summed E-state index contributed by atoms with van der Waals surface area (Å²) in [6, 6.07) is 11.5. The summed E-state index contributed by atoms with van der Waals surface area (Å²) in [6.07, 6.45) is 8.36. The second kappa shape index (κ2) is 8.32. The van der Waals surface area contributed by atoms with E-state index in [0.717, 1.165) is 12.8 Å². The first kappa shape index (κ1) is 23.8. The van der Waals surface area contributed by atoms with E-state index in [-0.39, 0.29) is 21.6 Å². The summed E-state index contributed by atoms with van der Waals surface area (Å²) in [7, 11) is 2.47. The third kappa shape index (κ3) is 5.77. The molecule has 1 heterocycles. The van der Waals surface area contributed by atoms with Crippen LogP contribution >= 0.6 is 0 Å². The highest BCUT2D eigenvalue weighted by Gasteiger charge is 2.47. The Morgan fingerprint density at radius 1 is 0.897 bits per heavy atom. The monoisotopic (exact) mass is 394 g/mol. The molecule has 3 atom stereocenters. The van der Waals surface area contributed by atoms with Gasteiger partial charge in [0.05, 0.1) is 6.33 Å². The van der Waals surface area contributed by atoms with Gasteiger partial charge in [0.2, 0.25) is 0 Å². The largest absolute Gasteiger partial charge is 0.334 e. The maximum atomic E-state index is 4.38. The van der Waals surface area contributed by atoms with E-state index in [1.807, 2.05) is 12.5 Å². The third-order valence-corrected chi connectivity index (χ3v) is 7.23. The maximum absolute atomic E-state index is 4.38. The Bertz CT molecular complexity index is 746. The maximum Gasteiger partial charge on any atom is 0.109 e. The molecule has 0 saturated heterocycles. The summed E-state index contributed by atoms with van der Waals surface area (Å²) >= 11 is 0. The van der Waals surface area contributed by atoms with Gasteiger partial charge in [-0.15, -0.1) is 0 Å². The minimum absolute atomic E-state index is 0.0965. The molecule has 1 aromatic carbocycles. The lowest BCUT2D eigenvalue weighted by atomic mass is 9.47. The van der Waals surface area contributed by atoms with Crippen LogP contribution in [-0.4, -0.2) is 17.4 Å². The third-order valence-electron chi connectivity index (χ3n) is 7.23. The number of rotatable bonds is 7. The van der Waals surface area contributed by atoms with E-state index < -0.39 is 0 Å². The first-order valence-electron chi connectivity index (χ1n) is 11.2. The molecule has 0 N–H and O–H groups in total. The van der Waals surface area contributed by atoms with Crippen LogP contribution in [0, 0.1) is 16.2 Å². The molecule has 0 spiro atoms. The molecule has 3 unspecified atom stereocenters. The van der Waals surface area contributed by atoms with Crippen molar-refractivity contribution in [1.82, 2.24) is 9.55 Å². The Morgan fingerprint density at radius 3 is 1.93 bits per heavy atom. The van der Waals surface area contributed by atoms with Gasteiger partial charge in [0.25, 0.3) is 0 Å². The predicted molar refractivity (Wildman–Crippen MR) is 129 cm³/mol. The zero-order valence-corrected chi connectivity index (χ0v) is 20.6. The molecule has 0 aliphatic rings. The molecular formula is C26H43BN2. The van der Waals surface area contributed by atoms with E-state index in [2.05, 4.69) is 116 Å². The van der Waals surface area contributed by atoms with Gasteiger partial charge in [0, 0.05) is 18.4 Å². The van der Waals surface area contributed by atoms with Gasteiger partial charge in [-0.05, 0) is 40.6 Å². The fraction of sp³-hybridized carbons (Fsp3) is 0.654. The van der Waals surface area contributed by atoms with Crippen molar-refractivity contribution in [3.8, 4) is 0 Å². The molecule has 0 bridgehead atoms. The molecule has 0 aliphatic heterocycles. The molecule has 0 amide bonds. The average molecular weight is 394 g/mol. The van der Waals surface area contributed by atoms with Crippen LogP contribution in [0.25, 0.3) is 0 Å². The van der Waals surface area contributed by atoms with Crippen LogP contribution in [-0.2, 0) is 0 Å². The fourth-order valence-corrected chi connectivity index (χ4v) is 4.60. The van der Waals surface area contributed by atoms with Crippen LogP contribution in [0.1, 0.15) is 92.7 Å². The van der Waals surface area contributed by atoms with Crippen LogP contribution in [0.2, 0.25) is 5.31 Å². The van der Waals surface area contributed by atoms with Crippen LogP contribution in [0.3, 0.4) is 0 Å². The number of hydrogen-bond acceptors (Lipinski definition) is 1. The van der Waals surface area contributed by atoms with Crippen molar-refractivity contribution in [1.29, 1.82) is 0 Å². The minimum atomic E-state index is 0.0965. The first-order chi connectivity index (χ1) is 13.2. The van der Waals surface area contributed by atoms with Crippen molar-refractivity contribution in [3.05, 3.63) is 54.6 Å². The van der Waals surface area contributed by atoms with Crippen molar-refractivity contribution < 1.29 is 0 Å². The standard InChI is InChI=1S/C26H43BN2/c1-23(2,3)18-22(29-16-15-28-19-29)25(7,8)26(9,27)17-21(24(4,5)6)20-13-11-10-12-14-20/h10-16,19,21-22H,17-18,27H2,1-9H3. The molecule has 2 nitrogen and oxygen atoms in total. The summed E-state index contributed by atoms with van der Waals surface area (Å²) in [5, 5.41) is 0.140. The minimum Gasteiger partial charge on any atom is -0.334 e. The molecule has 0 saturated carbocycles. The lowest BCUT2D eigenvalue weighted by Crippen LogP contribution is -2.41. The summed E-state index contributed by atoms with van der Waals surface area (Å²) in [5.74, 6) is 0.510. The zero-order chi connectivity index (χ0) is 22.1. The van der Waals surface area contributed by atoms with E-state index in [9.17, 15) is 0 Å². The summed E-state index contributed by atoms with van der Waals surface area (Å²) in [6.45, 7) is 21.6. The molecule has 29 heavy (non-hydrogen) atoms. The van der Waals surface area contributed by atoms with Crippen molar-refractivity contribution in [2.45, 2.75) is 92.4 Å². The normalized spacial score (nSPS) is 17.6. The van der Waals surface area contributed by atoms with E-state index in [0.29, 0.717) is 12.0 Å². The molecule has 0 aliphatic carbocycles. The lowest BCUT2D eigenvalue weighted by Gasteiger charge is -2.52. The summed E-state index contributed by atoms with van der Waals surface area (Å²) in [5.41, 5.74) is 2.02. The Kier molecular flexibility index (Phi) is 6.82. The number of nitrogens with zero attached hydrogens (tertiary/aromatic N) is 2. The molecule has 2 aromatic rings. The molecule has 160 valence electrons. The van der Waals surface area contributed by atoms with Crippen LogP contribution in [0.5, 0.6) is 0 Å². The second-order valence-corrected chi connectivity index (χ2v) is 12.4. The Balaban J connectivity index is 2.43. The first-order valence-corrected chi connectivity index (χ1v) is 11.2. The quantitative estimate of drug-likeness (QED) is 0.466. The van der Waals surface area contributed by atoms with Gasteiger partial charge in [0.1, 0.15) is 7.85 Å². The molecule has 3 heteroatoms. The van der Waals surface area contributed by atoms with E-state index in [1.54, 1.807) is 0 Å². The number of aromatic nitrogens is 2. The average Bonchev–Trinajstić information content (AvgIpc) is 3.10. The predicted octanol–water partition coefficient (Wildman–Crippen LogP) is 6.92. The lowest BCUT2D eigenvalue weighted by molar-refractivity contribution is 0.0871. The Labute approximate surface area is 180 Å². The van der Waals surface area contributed by atoms with Crippen LogP contribution < -0.4 is 0 Å². The van der Waals surface area contributed by atoms with Crippen LogP contribution in [0.4, 0.5) is 0 Å².